The smallest absolute Gasteiger partial charge is 0.223 e. The molecule has 0 atom stereocenters. The van der Waals surface area contributed by atoms with Crippen LogP contribution >= 0.6 is 0 Å². The fourth-order valence-electron chi connectivity index (χ4n) is 2.47. The quantitative estimate of drug-likeness (QED) is 0.376. The van der Waals surface area contributed by atoms with Gasteiger partial charge in [-0.15, -0.1) is 0 Å². The Balaban J connectivity index is 2.17. The van der Waals surface area contributed by atoms with E-state index >= 15 is 0 Å². The highest BCUT2D eigenvalue weighted by Gasteiger charge is 2.20. The highest BCUT2D eigenvalue weighted by molar-refractivity contribution is 5.80. The minimum Gasteiger partial charge on any atom is -0.377 e. The number of amides is 1. The molecular formula is C16H32N4O2. The molecule has 0 saturated heterocycles. The van der Waals surface area contributed by atoms with Gasteiger partial charge in [-0.25, -0.2) is 0 Å². The molecule has 6 nitrogen and oxygen atoms in total. The van der Waals surface area contributed by atoms with Crippen LogP contribution in [0.1, 0.15) is 46.0 Å². The fourth-order valence-corrected chi connectivity index (χ4v) is 2.47. The molecule has 1 amide bonds. The topological polar surface area (TPSA) is 74.8 Å². The van der Waals surface area contributed by atoms with Gasteiger partial charge in [0.25, 0.3) is 0 Å². The molecule has 6 heteroatoms. The van der Waals surface area contributed by atoms with Crippen LogP contribution in [0, 0.1) is 5.92 Å². The van der Waals surface area contributed by atoms with E-state index in [1.165, 1.54) is 19.3 Å². The zero-order chi connectivity index (χ0) is 16.4. The van der Waals surface area contributed by atoms with Gasteiger partial charge < -0.3 is 20.7 Å². The Kier molecular flexibility index (Phi) is 8.24. The number of carbonyl (C=O) groups excluding carboxylic acids is 1. The van der Waals surface area contributed by atoms with E-state index in [1.54, 1.807) is 14.2 Å². The van der Waals surface area contributed by atoms with Gasteiger partial charge in [0, 0.05) is 39.7 Å². The molecule has 1 aliphatic rings. The van der Waals surface area contributed by atoms with E-state index in [2.05, 4.69) is 20.9 Å². The van der Waals surface area contributed by atoms with Crippen LogP contribution in [0.4, 0.5) is 0 Å². The first kappa shape index (κ1) is 18.7. The van der Waals surface area contributed by atoms with Crippen molar-refractivity contribution < 1.29 is 9.53 Å². The van der Waals surface area contributed by atoms with Crippen LogP contribution in [0.2, 0.25) is 0 Å². The number of hydrogen-bond donors (Lipinski definition) is 3. The van der Waals surface area contributed by atoms with Crippen molar-refractivity contribution in [2.45, 2.75) is 51.6 Å². The summed E-state index contributed by atoms with van der Waals surface area (Å²) in [6, 6.07) is 0. The number of hydrogen-bond acceptors (Lipinski definition) is 3. The second kappa shape index (κ2) is 9.66. The molecular weight excluding hydrogens is 280 g/mol. The number of rotatable bonds is 7. The summed E-state index contributed by atoms with van der Waals surface area (Å²) in [7, 11) is 3.43. The molecule has 0 unspecified atom stereocenters. The summed E-state index contributed by atoms with van der Waals surface area (Å²) in [5.74, 6) is 1.13. The van der Waals surface area contributed by atoms with Crippen LogP contribution in [0.25, 0.3) is 0 Å². The third-order valence-electron chi connectivity index (χ3n) is 4.15. The van der Waals surface area contributed by atoms with Gasteiger partial charge in [0.2, 0.25) is 5.91 Å². The largest absolute Gasteiger partial charge is 0.377 e. The number of aliphatic imine (C=N–C) groups is 1. The van der Waals surface area contributed by atoms with Gasteiger partial charge in [-0.3, -0.25) is 9.79 Å². The van der Waals surface area contributed by atoms with Gasteiger partial charge in [-0.2, -0.15) is 0 Å². The maximum atomic E-state index is 12.0. The Morgan fingerprint density at radius 3 is 2.36 bits per heavy atom. The average molecular weight is 312 g/mol. The Morgan fingerprint density at radius 1 is 1.14 bits per heavy atom. The highest BCUT2D eigenvalue weighted by atomic mass is 16.5. The monoisotopic (exact) mass is 312 g/mol. The molecule has 0 spiro atoms. The predicted octanol–water partition coefficient (Wildman–Crippen LogP) is 1.27. The summed E-state index contributed by atoms with van der Waals surface area (Å²) in [4.78, 5) is 16.2. The lowest BCUT2D eigenvalue weighted by atomic mass is 9.89. The summed E-state index contributed by atoms with van der Waals surface area (Å²) < 4.78 is 5.35. The first-order chi connectivity index (χ1) is 10.5. The molecule has 1 fully saturated rings. The number of methoxy groups -OCH3 is 1. The maximum absolute atomic E-state index is 12.0. The molecule has 128 valence electrons. The van der Waals surface area contributed by atoms with E-state index in [-0.39, 0.29) is 17.4 Å². The van der Waals surface area contributed by atoms with Gasteiger partial charge in [0.1, 0.15) is 0 Å². The highest BCUT2D eigenvalue weighted by Crippen LogP contribution is 2.23. The number of nitrogens with one attached hydrogen (secondary N) is 3. The van der Waals surface area contributed by atoms with E-state index in [4.69, 9.17) is 4.74 Å². The zero-order valence-electron chi connectivity index (χ0n) is 14.5. The minimum absolute atomic E-state index is 0.199. The number of carbonyl (C=O) groups is 1. The van der Waals surface area contributed by atoms with Crippen molar-refractivity contribution in [3.05, 3.63) is 0 Å². The Bertz CT molecular complexity index is 363. The summed E-state index contributed by atoms with van der Waals surface area (Å²) in [6.07, 6.45) is 5.71. The van der Waals surface area contributed by atoms with Crippen molar-refractivity contribution in [3.8, 4) is 0 Å². The van der Waals surface area contributed by atoms with Crippen LogP contribution in [0.15, 0.2) is 4.99 Å². The van der Waals surface area contributed by atoms with Gasteiger partial charge in [-0.05, 0) is 26.7 Å². The lowest BCUT2D eigenvalue weighted by molar-refractivity contribution is -0.125. The standard InChI is InChI=1S/C16H32N4O2/c1-16(2,22-4)12-20-15(17-3)19-11-10-18-14(21)13-8-6-5-7-9-13/h13H,5-12H2,1-4H3,(H,18,21)(H2,17,19,20). The number of nitrogens with zero attached hydrogens (tertiary/aromatic N) is 1. The first-order valence-corrected chi connectivity index (χ1v) is 8.26. The second-order valence-electron chi connectivity index (χ2n) is 6.44. The lowest BCUT2D eigenvalue weighted by Crippen LogP contribution is -2.47. The Hall–Kier alpha value is -1.30. The van der Waals surface area contributed by atoms with Crippen molar-refractivity contribution in [1.82, 2.24) is 16.0 Å². The molecule has 0 heterocycles. The van der Waals surface area contributed by atoms with E-state index in [0.717, 1.165) is 18.8 Å². The van der Waals surface area contributed by atoms with Crippen LogP contribution in [-0.4, -0.2) is 51.3 Å². The van der Waals surface area contributed by atoms with E-state index in [1.807, 2.05) is 13.8 Å². The van der Waals surface area contributed by atoms with Gasteiger partial charge in [0.15, 0.2) is 5.96 Å². The van der Waals surface area contributed by atoms with E-state index in [0.29, 0.717) is 19.6 Å². The van der Waals surface area contributed by atoms with E-state index < -0.39 is 0 Å². The normalized spacial score (nSPS) is 17.2. The minimum atomic E-state index is -0.243. The van der Waals surface area contributed by atoms with Gasteiger partial charge in [-0.1, -0.05) is 19.3 Å². The molecule has 22 heavy (non-hydrogen) atoms. The molecule has 0 aromatic carbocycles. The summed E-state index contributed by atoms with van der Waals surface area (Å²) in [5.41, 5.74) is -0.243. The van der Waals surface area contributed by atoms with Crippen LogP contribution in [0.3, 0.4) is 0 Å². The maximum Gasteiger partial charge on any atom is 0.223 e. The molecule has 0 aliphatic heterocycles. The lowest BCUT2D eigenvalue weighted by Gasteiger charge is -2.24. The fraction of sp³-hybridized carbons (Fsp3) is 0.875. The van der Waals surface area contributed by atoms with Gasteiger partial charge in [0.05, 0.1) is 5.60 Å². The Labute approximate surface area is 134 Å². The zero-order valence-corrected chi connectivity index (χ0v) is 14.5. The van der Waals surface area contributed by atoms with Crippen molar-refractivity contribution in [2.75, 3.05) is 33.8 Å². The SMILES string of the molecule is CN=C(NCCNC(=O)C1CCCCC1)NCC(C)(C)OC. The molecule has 1 saturated carbocycles. The van der Waals surface area contributed by atoms with Crippen molar-refractivity contribution >= 4 is 11.9 Å². The molecule has 1 aliphatic carbocycles. The molecule has 0 bridgehead atoms. The van der Waals surface area contributed by atoms with E-state index in [9.17, 15) is 4.79 Å². The summed E-state index contributed by atoms with van der Waals surface area (Å²) in [6.45, 7) is 5.96. The third kappa shape index (κ3) is 7.11. The van der Waals surface area contributed by atoms with Crippen LogP contribution in [0.5, 0.6) is 0 Å². The summed E-state index contributed by atoms with van der Waals surface area (Å²) >= 11 is 0. The summed E-state index contributed by atoms with van der Waals surface area (Å²) in [5, 5.41) is 9.41. The van der Waals surface area contributed by atoms with Crippen LogP contribution in [-0.2, 0) is 9.53 Å². The van der Waals surface area contributed by atoms with Crippen molar-refractivity contribution in [3.63, 3.8) is 0 Å². The molecule has 3 N–H and O–H groups in total. The molecule has 0 aromatic rings. The first-order valence-electron chi connectivity index (χ1n) is 8.26. The van der Waals surface area contributed by atoms with Crippen LogP contribution < -0.4 is 16.0 Å². The average Bonchev–Trinajstić information content (AvgIpc) is 2.54. The molecule has 1 rings (SSSR count). The Morgan fingerprint density at radius 2 is 1.77 bits per heavy atom. The van der Waals surface area contributed by atoms with Crippen molar-refractivity contribution in [1.29, 1.82) is 0 Å². The number of guanidine groups is 1. The number of ether oxygens (including phenoxy) is 1. The third-order valence-corrected chi connectivity index (χ3v) is 4.15. The predicted molar refractivity (Wildman–Crippen MR) is 90.0 cm³/mol. The van der Waals surface area contributed by atoms with Crippen molar-refractivity contribution in [2.24, 2.45) is 10.9 Å². The molecule has 0 aromatic heterocycles. The second-order valence-corrected chi connectivity index (χ2v) is 6.44. The van der Waals surface area contributed by atoms with Gasteiger partial charge >= 0.3 is 0 Å². The molecule has 0 radical (unpaired) electrons.